The summed E-state index contributed by atoms with van der Waals surface area (Å²) in [5.74, 6) is -0.708. The Hall–Kier alpha value is -3.21. The lowest BCUT2D eigenvalue weighted by molar-refractivity contribution is -0.118. The van der Waals surface area contributed by atoms with Gasteiger partial charge < -0.3 is 4.90 Å². The molecule has 0 N–H and O–H groups in total. The minimum atomic E-state index is -0.558. The lowest BCUT2D eigenvalue weighted by Crippen LogP contribution is -2.27. The van der Waals surface area contributed by atoms with Crippen LogP contribution in [0.5, 0.6) is 0 Å². The molecule has 23 heavy (non-hydrogen) atoms. The number of aromatic nitrogens is 5. The molecule has 8 nitrogen and oxygen atoms in total. The Bertz CT molecular complexity index is 948. The molecule has 3 aromatic rings. The maximum atomic E-state index is 12.3. The van der Waals surface area contributed by atoms with Crippen LogP contribution in [-0.2, 0) is 11.8 Å². The first-order valence-corrected chi connectivity index (χ1v) is 7.22. The molecule has 0 radical (unpaired) electrons. The molecule has 8 heteroatoms. The van der Waals surface area contributed by atoms with Crippen LogP contribution in [0.2, 0.25) is 0 Å². The summed E-state index contributed by atoms with van der Waals surface area (Å²) in [6.07, 6.45) is 5.74. The van der Waals surface area contributed by atoms with Crippen molar-refractivity contribution in [1.29, 1.82) is 5.26 Å². The molecule has 1 atom stereocenters. The number of aryl methyl sites for hydroxylation is 1. The summed E-state index contributed by atoms with van der Waals surface area (Å²) < 4.78 is 1.71. The predicted octanol–water partition coefficient (Wildman–Crippen LogP) is 1.01. The predicted molar refractivity (Wildman–Crippen MR) is 81.3 cm³/mol. The third kappa shape index (κ3) is 2.05. The van der Waals surface area contributed by atoms with Gasteiger partial charge in [0, 0.05) is 31.5 Å². The van der Waals surface area contributed by atoms with Crippen molar-refractivity contribution in [2.75, 3.05) is 11.4 Å². The maximum Gasteiger partial charge on any atom is 0.244 e. The van der Waals surface area contributed by atoms with Crippen molar-refractivity contribution >= 4 is 17.1 Å². The molecule has 0 saturated carbocycles. The Balaban J connectivity index is 1.81. The molecule has 3 aromatic heterocycles. The number of carbonyl (C=O) groups excluding carboxylic acids is 1. The Morgan fingerprint density at radius 2 is 2.26 bits per heavy atom. The summed E-state index contributed by atoms with van der Waals surface area (Å²) >= 11 is 0. The molecule has 1 aliphatic rings. The van der Waals surface area contributed by atoms with Crippen LogP contribution in [0.3, 0.4) is 0 Å². The Kier molecular flexibility index (Phi) is 2.87. The van der Waals surface area contributed by atoms with Gasteiger partial charge in [0.25, 0.3) is 0 Å². The van der Waals surface area contributed by atoms with Crippen LogP contribution in [0.25, 0.3) is 16.8 Å². The van der Waals surface area contributed by atoms with Crippen LogP contribution in [-0.4, -0.2) is 37.1 Å². The van der Waals surface area contributed by atoms with E-state index in [1.807, 2.05) is 12.3 Å². The number of hydrogen-bond acceptors (Lipinski definition) is 5. The lowest BCUT2D eigenvalue weighted by Gasteiger charge is -2.16. The first-order valence-electron chi connectivity index (χ1n) is 7.22. The smallest absolute Gasteiger partial charge is 0.244 e. The number of amides is 1. The second-order valence-corrected chi connectivity index (χ2v) is 5.45. The van der Waals surface area contributed by atoms with Gasteiger partial charge in [0.2, 0.25) is 5.91 Å². The summed E-state index contributed by atoms with van der Waals surface area (Å²) in [5, 5.41) is 21.7. The molecule has 114 valence electrons. The molecule has 1 unspecified atom stereocenters. The Morgan fingerprint density at radius 1 is 1.39 bits per heavy atom. The van der Waals surface area contributed by atoms with Crippen molar-refractivity contribution in [3.05, 3.63) is 30.7 Å². The first kappa shape index (κ1) is 13.5. The van der Waals surface area contributed by atoms with Gasteiger partial charge in [-0.3, -0.25) is 4.79 Å². The number of anilines is 1. The van der Waals surface area contributed by atoms with E-state index in [4.69, 9.17) is 5.26 Å². The molecule has 0 spiro atoms. The minimum Gasteiger partial charge on any atom is -0.309 e. The molecule has 1 fully saturated rings. The number of fused-ring (bicyclic) bond motifs is 1. The molecule has 0 aliphatic carbocycles. The zero-order chi connectivity index (χ0) is 16.0. The second-order valence-electron chi connectivity index (χ2n) is 5.45. The second kappa shape index (κ2) is 4.91. The van der Waals surface area contributed by atoms with E-state index in [1.165, 1.54) is 4.80 Å². The van der Waals surface area contributed by atoms with E-state index in [-0.39, 0.29) is 5.91 Å². The van der Waals surface area contributed by atoms with Gasteiger partial charge in [-0.25, -0.2) is 4.52 Å². The highest BCUT2D eigenvalue weighted by Crippen LogP contribution is 2.31. The van der Waals surface area contributed by atoms with Crippen molar-refractivity contribution in [2.24, 2.45) is 13.0 Å². The largest absolute Gasteiger partial charge is 0.309 e. The molecular formula is C15H13N7O. The molecular weight excluding hydrogens is 294 g/mol. The van der Waals surface area contributed by atoms with Crippen LogP contribution in [0.15, 0.2) is 30.7 Å². The van der Waals surface area contributed by atoms with E-state index in [9.17, 15) is 4.79 Å². The number of rotatable bonds is 2. The minimum absolute atomic E-state index is 0.150. The Labute approximate surface area is 131 Å². The maximum absolute atomic E-state index is 12.3. The van der Waals surface area contributed by atoms with E-state index in [1.54, 1.807) is 34.9 Å². The number of nitrogens with zero attached hydrogens (tertiary/aromatic N) is 7. The summed E-state index contributed by atoms with van der Waals surface area (Å²) in [4.78, 5) is 15.5. The molecule has 4 rings (SSSR count). The lowest BCUT2D eigenvalue weighted by atomic mass is 10.1. The van der Waals surface area contributed by atoms with E-state index in [0.29, 0.717) is 13.0 Å². The van der Waals surface area contributed by atoms with Gasteiger partial charge in [0.05, 0.1) is 23.5 Å². The van der Waals surface area contributed by atoms with E-state index >= 15 is 0 Å². The van der Waals surface area contributed by atoms with Crippen LogP contribution in [0.1, 0.15) is 6.42 Å². The fraction of sp³-hybridized carbons (Fsp3) is 0.267. The van der Waals surface area contributed by atoms with Crippen molar-refractivity contribution in [1.82, 2.24) is 24.6 Å². The third-order valence-electron chi connectivity index (χ3n) is 4.03. The highest BCUT2D eigenvalue weighted by atomic mass is 16.2. The van der Waals surface area contributed by atoms with Gasteiger partial charge in [-0.1, -0.05) is 0 Å². The van der Waals surface area contributed by atoms with Crippen LogP contribution in [0.4, 0.5) is 5.69 Å². The molecule has 0 aromatic carbocycles. The summed E-state index contributed by atoms with van der Waals surface area (Å²) in [7, 11) is 1.76. The SMILES string of the molecule is Cn1ncc(-c2cc3c(N4CCC(C#N)C4=O)ccnn3c2)n1. The zero-order valence-corrected chi connectivity index (χ0v) is 12.4. The Morgan fingerprint density at radius 3 is 2.96 bits per heavy atom. The van der Waals surface area contributed by atoms with Crippen molar-refractivity contribution < 1.29 is 4.79 Å². The standard InChI is InChI=1S/C15H13N7O/c1-20-18-8-12(19-20)11-6-14-13(2-4-17-22(14)9-11)21-5-3-10(7-16)15(21)23/h2,4,6,8-10H,3,5H2,1H3. The van der Waals surface area contributed by atoms with Crippen LogP contribution < -0.4 is 4.90 Å². The fourth-order valence-corrected chi connectivity index (χ4v) is 2.89. The van der Waals surface area contributed by atoms with Crippen LogP contribution in [0, 0.1) is 17.2 Å². The summed E-state index contributed by atoms with van der Waals surface area (Å²) in [6.45, 7) is 0.544. The van der Waals surface area contributed by atoms with Crippen molar-refractivity contribution in [3.8, 4) is 17.3 Å². The van der Waals surface area contributed by atoms with Gasteiger partial charge in [-0.15, -0.1) is 0 Å². The number of carbonyl (C=O) groups is 1. The molecule has 1 aliphatic heterocycles. The first-order chi connectivity index (χ1) is 11.2. The monoisotopic (exact) mass is 307 g/mol. The number of hydrogen-bond donors (Lipinski definition) is 0. The summed E-state index contributed by atoms with van der Waals surface area (Å²) in [6, 6.07) is 5.79. The zero-order valence-electron chi connectivity index (χ0n) is 12.4. The van der Waals surface area contributed by atoms with Gasteiger partial charge in [0.15, 0.2) is 0 Å². The van der Waals surface area contributed by atoms with Crippen LogP contribution >= 0.6 is 0 Å². The van der Waals surface area contributed by atoms with Gasteiger partial charge in [0.1, 0.15) is 11.6 Å². The quantitative estimate of drug-likeness (QED) is 0.704. The summed E-state index contributed by atoms with van der Waals surface area (Å²) in [5.41, 5.74) is 3.19. The van der Waals surface area contributed by atoms with E-state index in [0.717, 1.165) is 22.5 Å². The van der Waals surface area contributed by atoms with Crippen molar-refractivity contribution in [3.63, 3.8) is 0 Å². The molecule has 0 bridgehead atoms. The fourth-order valence-electron chi connectivity index (χ4n) is 2.89. The molecule has 1 amide bonds. The highest BCUT2D eigenvalue weighted by molar-refractivity contribution is 6.02. The van der Waals surface area contributed by atoms with Gasteiger partial charge >= 0.3 is 0 Å². The number of nitriles is 1. The topological polar surface area (TPSA) is 92.1 Å². The average Bonchev–Trinajstić information content (AvgIpc) is 3.24. The highest BCUT2D eigenvalue weighted by Gasteiger charge is 2.33. The normalized spacial score (nSPS) is 17.8. The average molecular weight is 307 g/mol. The van der Waals surface area contributed by atoms with Crippen molar-refractivity contribution in [2.45, 2.75) is 6.42 Å². The van der Waals surface area contributed by atoms with Gasteiger partial charge in [-0.2, -0.15) is 25.4 Å². The molecule has 4 heterocycles. The molecule has 1 saturated heterocycles. The van der Waals surface area contributed by atoms with E-state index < -0.39 is 5.92 Å². The van der Waals surface area contributed by atoms with Gasteiger partial charge in [-0.05, 0) is 18.6 Å². The van der Waals surface area contributed by atoms with E-state index in [2.05, 4.69) is 21.4 Å². The third-order valence-corrected chi connectivity index (χ3v) is 4.03.